The zero-order chi connectivity index (χ0) is 21.1. The van der Waals surface area contributed by atoms with Gasteiger partial charge in [0.25, 0.3) is 0 Å². The van der Waals surface area contributed by atoms with Gasteiger partial charge in [-0.3, -0.25) is 5.43 Å². The molecule has 1 aliphatic rings. The maximum atomic E-state index is 13.2. The van der Waals surface area contributed by atoms with Gasteiger partial charge in [0.2, 0.25) is 0 Å². The second-order valence-electron chi connectivity index (χ2n) is 7.18. The van der Waals surface area contributed by atoms with E-state index < -0.39 is 11.7 Å². The monoisotopic (exact) mass is 413 g/mol. The first-order valence-corrected chi connectivity index (χ1v) is 9.80. The van der Waals surface area contributed by atoms with Gasteiger partial charge in [-0.05, 0) is 44.0 Å². The molecule has 1 N–H and O–H groups in total. The molecule has 5 nitrogen and oxygen atoms in total. The number of nitrogens with zero attached hydrogens (tertiary/aromatic N) is 4. The molecule has 1 aliphatic heterocycles. The van der Waals surface area contributed by atoms with E-state index in [0.717, 1.165) is 54.8 Å². The number of aromatic nitrogens is 2. The quantitative estimate of drug-likeness (QED) is 0.459. The standard InChI is InChI=1S/C22H22F3N5/c1-16-18(15-26-27-20-12-6-5-11-19(20)22(23,24)25)21(29-13-7-8-14-29)30(28-16)17-9-3-2-4-10-17/h2-6,9-12,15,27H,7-8,13-14H2,1H3/b26-15-. The van der Waals surface area contributed by atoms with Crippen molar-refractivity contribution in [1.82, 2.24) is 9.78 Å². The molecule has 0 radical (unpaired) electrons. The number of hydrogen-bond donors (Lipinski definition) is 1. The molecule has 0 unspecified atom stereocenters. The molecule has 156 valence electrons. The minimum atomic E-state index is -4.45. The lowest BCUT2D eigenvalue weighted by molar-refractivity contribution is -0.136. The van der Waals surface area contributed by atoms with E-state index >= 15 is 0 Å². The van der Waals surface area contributed by atoms with Crippen molar-refractivity contribution in [1.29, 1.82) is 0 Å². The fourth-order valence-electron chi connectivity index (χ4n) is 3.65. The van der Waals surface area contributed by atoms with Crippen LogP contribution in [0.2, 0.25) is 0 Å². The lowest BCUT2D eigenvalue weighted by Gasteiger charge is -2.20. The summed E-state index contributed by atoms with van der Waals surface area (Å²) >= 11 is 0. The number of aryl methyl sites for hydroxylation is 1. The third-order valence-corrected chi connectivity index (χ3v) is 5.10. The second-order valence-corrected chi connectivity index (χ2v) is 7.18. The summed E-state index contributed by atoms with van der Waals surface area (Å²) in [5.74, 6) is 0.908. The summed E-state index contributed by atoms with van der Waals surface area (Å²) in [6, 6.07) is 15.1. The fourth-order valence-corrected chi connectivity index (χ4v) is 3.65. The van der Waals surface area contributed by atoms with E-state index in [-0.39, 0.29) is 5.69 Å². The molecule has 1 saturated heterocycles. The summed E-state index contributed by atoms with van der Waals surface area (Å²) in [5.41, 5.74) is 4.20. The molecule has 0 saturated carbocycles. The minimum Gasteiger partial charge on any atom is -0.356 e. The van der Waals surface area contributed by atoms with E-state index in [9.17, 15) is 13.2 Å². The third-order valence-electron chi connectivity index (χ3n) is 5.10. The van der Waals surface area contributed by atoms with Gasteiger partial charge in [0.05, 0.1) is 34.4 Å². The average molecular weight is 413 g/mol. The molecule has 30 heavy (non-hydrogen) atoms. The van der Waals surface area contributed by atoms with Crippen LogP contribution in [0.1, 0.15) is 29.7 Å². The van der Waals surface area contributed by atoms with E-state index in [1.807, 2.05) is 41.9 Å². The topological polar surface area (TPSA) is 45.5 Å². The molecular weight excluding hydrogens is 391 g/mol. The molecule has 2 heterocycles. The summed E-state index contributed by atoms with van der Waals surface area (Å²) in [7, 11) is 0. The number of benzene rings is 2. The van der Waals surface area contributed by atoms with Gasteiger partial charge < -0.3 is 4.90 Å². The van der Waals surface area contributed by atoms with Crippen LogP contribution in [0.3, 0.4) is 0 Å². The van der Waals surface area contributed by atoms with E-state index in [1.165, 1.54) is 12.1 Å². The van der Waals surface area contributed by atoms with Gasteiger partial charge in [-0.15, -0.1) is 0 Å². The van der Waals surface area contributed by atoms with E-state index in [0.29, 0.717) is 0 Å². The Kier molecular flexibility index (Phi) is 5.48. The van der Waals surface area contributed by atoms with Gasteiger partial charge >= 0.3 is 6.18 Å². The zero-order valence-corrected chi connectivity index (χ0v) is 16.5. The Balaban J connectivity index is 1.69. The predicted molar refractivity (Wildman–Crippen MR) is 112 cm³/mol. The molecule has 0 bridgehead atoms. The van der Waals surface area contributed by atoms with Crippen molar-refractivity contribution in [3.63, 3.8) is 0 Å². The highest BCUT2D eigenvalue weighted by Crippen LogP contribution is 2.34. The second kappa shape index (κ2) is 8.22. The number of alkyl halides is 3. The normalized spacial score (nSPS) is 14.6. The van der Waals surface area contributed by atoms with Crippen molar-refractivity contribution in [2.45, 2.75) is 25.9 Å². The van der Waals surface area contributed by atoms with Crippen LogP contribution in [0.5, 0.6) is 0 Å². The van der Waals surface area contributed by atoms with Crippen molar-refractivity contribution in [3.05, 3.63) is 71.4 Å². The van der Waals surface area contributed by atoms with Gasteiger partial charge in [0.1, 0.15) is 5.82 Å². The van der Waals surface area contributed by atoms with Gasteiger partial charge in [-0.25, -0.2) is 4.68 Å². The van der Waals surface area contributed by atoms with Crippen LogP contribution >= 0.6 is 0 Å². The number of halogens is 3. The van der Waals surface area contributed by atoms with E-state index in [2.05, 4.69) is 20.5 Å². The highest BCUT2D eigenvalue weighted by Gasteiger charge is 2.33. The zero-order valence-electron chi connectivity index (χ0n) is 16.5. The van der Waals surface area contributed by atoms with Crippen LogP contribution in [0.25, 0.3) is 5.69 Å². The number of hydrazone groups is 1. The number of rotatable bonds is 5. The maximum Gasteiger partial charge on any atom is 0.418 e. The van der Waals surface area contributed by atoms with E-state index in [4.69, 9.17) is 0 Å². The molecule has 0 amide bonds. The summed E-state index contributed by atoms with van der Waals surface area (Å²) < 4.78 is 41.5. The number of para-hydroxylation sites is 2. The molecular formula is C22H22F3N5. The Morgan fingerprint density at radius 3 is 2.37 bits per heavy atom. The van der Waals surface area contributed by atoms with Crippen molar-refractivity contribution in [3.8, 4) is 5.69 Å². The molecule has 1 aromatic heterocycles. The van der Waals surface area contributed by atoms with Crippen LogP contribution in [0, 0.1) is 6.92 Å². The molecule has 0 atom stereocenters. The van der Waals surface area contributed by atoms with Crippen molar-refractivity contribution in [2.24, 2.45) is 5.10 Å². The third kappa shape index (κ3) is 4.03. The van der Waals surface area contributed by atoms with Crippen LogP contribution in [-0.2, 0) is 6.18 Å². The Labute approximate surface area is 172 Å². The lowest BCUT2D eigenvalue weighted by atomic mass is 10.2. The Bertz CT molecular complexity index is 1030. The molecule has 8 heteroatoms. The Hall–Kier alpha value is -3.29. The predicted octanol–water partition coefficient (Wildman–Crippen LogP) is 5.25. The lowest BCUT2D eigenvalue weighted by Crippen LogP contribution is -2.22. The van der Waals surface area contributed by atoms with Crippen LogP contribution < -0.4 is 10.3 Å². The number of anilines is 2. The van der Waals surface area contributed by atoms with Crippen LogP contribution in [-0.4, -0.2) is 29.1 Å². The summed E-state index contributed by atoms with van der Waals surface area (Å²) in [6.45, 7) is 3.69. The van der Waals surface area contributed by atoms with Gasteiger partial charge in [-0.1, -0.05) is 30.3 Å². The maximum absolute atomic E-state index is 13.2. The van der Waals surface area contributed by atoms with Gasteiger partial charge in [0.15, 0.2) is 0 Å². The fraction of sp³-hybridized carbons (Fsp3) is 0.273. The summed E-state index contributed by atoms with van der Waals surface area (Å²) in [4.78, 5) is 2.25. The molecule has 1 fully saturated rings. The molecule has 0 aliphatic carbocycles. The first kappa shape index (κ1) is 20.0. The first-order chi connectivity index (χ1) is 14.4. The first-order valence-electron chi connectivity index (χ1n) is 9.80. The van der Waals surface area contributed by atoms with Gasteiger partial charge in [0, 0.05) is 13.1 Å². The number of nitrogens with one attached hydrogen (secondary N) is 1. The molecule has 4 rings (SSSR count). The highest BCUT2D eigenvalue weighted by atomic mass is 19.4. The van der Waals surface area contributed by atoms with Crippen LogP contribution in [0.4, 0.5) is 24.7 Å². The average Bonchev–Trinajstić information content (AvgIpc) is 3.36. The molecule has 3 aromatic rings. The largest absolute Gasteiger partial charge is 0.418 e. The SMILES string of the molecule is Cc1nn(-c2ccccc2)c(N2CCCC2)c1/C=N\Nc1ccccc1C(F)(F)F. The van der Waals surface area contributed by atoms with Crippen molar-refractivity contribution >= 4 is 17.7 Å². The highest BCUT2D eigenvalue weighted by molar-refractivity contribution is 5.89. The van der Waals surface area contributed by atoms with E-state index in [1.54, 1.807) is 12.3 Å². The van der Waals surface area contributed by atoms with Gasteiger partial charge in [-0.2, -0.15) is 23.4 Å². The Morgan fingerprint density at radius 2 is 1.67 bits per heavy atom. The summed E-state index contributed by atoms with van der Waals surface area (Å²) in [5, 5.41) is 8.81. The summed E-state index contributed by atoms with van der Waals surface area (Å²) in [6.07, 6.45) is -0.712. The Morgan fingerprint density at radius 1 is 1.00 bits per heavy atom. The molecule has 0 spiro atoms. The minimum absolute atomic E-state index is 0.0860. The number of hydrogen-bond acceptors (Lipinski definition) is 4. The van der Waals surface area contributed by atoms with Crippen LogP contribution in [0.15, 0.2) is 59.7 Å². The van der Waals surface area contributed by atoms with Crippen molar-refractivity contribution in [2.75, 3.05) is 23.4 Å². The molecule has 2 aromatic carbocycles. The van der Waals surface area contributed by atoms with Crippen molar-refractivity contribution < 1.29 is 13.2 Å². The smallest absolute Gasteiger partial charge is 0.356 e.